The van der Waals surface area contributed by atoms with Gasteiger partial charge in [-0.05, 0) is 10.4 Å². The molecule has 7 heteroatoms. The highest BCUT2D eigenvalue weighted by atomic mass is 16.5. The Balaban J connectivity index is 2.20. The van der Waals surface area contributed by atoms with Gasteiger partial charge in [-0.15, -0.1) is 5.10 Å². The molecule has 1 aliphatic heterocycles. The fourth-order valence-electron chi connectivity index (χ4n) is 1.00. The van der Waals surface area contributed by atoms with Crippen molar-refractivity contribution in [1.29, 1.82) is 0 Å². The molecule has 0 fully saturated rings. The number of carbonyl (C=O) groups is 1. The van der Waals surface area contributed by atoms with Gasteiger partial charge in [-0.1, -0.05) is 0 Å². The van der Waals surface area contributed by atoms with E-state index in [1.807, 2.05) is 0 Å². The molecule has 2 rings (SSSR count). The normalized spacial score (nSPS) is 21.8. The van der Waals surface area contributed by atoms with Gasteiger partial charge in [0.05, 0.1) is 6.54 Å². The fraction of sp³-hybridized carbons (Fsp3) is 0.600. The predicted octanol–water partition coefficient (Wildman–Crippen LogP) is -1.34. The van der Waals surface area contributed by atoms with Crippen LogP contribution >= 0.6 is 0 Å². The first-order valence-electron chi connectivity index (χ1n) is 3.37. The minimum atomic E-state index is -0.990. The van der Waals surface area contributed by atoms with E-state index in [9.17, 15) is 4.79 Å². The Morgan fingerprint density at radius 3 is 3.33 bits per heavy atom. The van der Waals surface area contributed by atoms with E-state index >= 15 is 0 Å². The number of rotatable bonds is 1. The van der Waals surface area contributed by atoms with Crippen molar-refractivity contribution in [2.24, 2.45) is 0 Å². The molecule has 0 saturated carbocycles. The van der Waals surface area contributed by atoms with E-state index in [4.69, 9.17) is 9.84 Å². The highest BCUT2D eigenvalue weighted by molar-refractivity contribution is 5.72. The van der Waals surface area contributed by atoms with E-state index in [0.29, 0.717) is 5.82 Å². The molecule has 64 valence electrons. The number of fused-ring (bicyclic) bond motifs is 1. The first-order chi connectivity index (χ1) is 5.77. The Labute approximate surface area is 66.9 Å². The second-order valence-electron chi connectivity index (χ2n) is 2.42. The van der Waals surface area contributed by atoms with E-state index in [0.717, 1.165) is 0 Å². The zero-order valence-corrected chi connectivity index (χ0v) is 6.04. The summed E-state index contributed by atoms with van der Waals surface area (Å²) in [5.74, 6) is -0.427. The molecule has 1 aromatic heterocycles. The zero-order chi connectivity index (χ0) is 8.55. The third-order valence-corrected chi connectivity index (χ3v) is 1.63. The lowest BCUT2D eigenvalue weighted by molar-refractivity contribution is -0.154. The fourth-order valence-corrected chi connectivity index (χ4v) is 1.00. The minimum Gasteiger partial charge on any atom is -0.479 e. The number of carboxylic acid groups (broad SMARTS) is 1. The molecule has 7 nitrogen and oxygen atoms in total. The molecule has 1 N–H and O–H groups in total. The van der Waals surface area contributed by atoms with Crippen LogP contribution in [-0.4, -0.2) is 37.4 Å². The van der Waals surface area contributed by atoms with E-state index in [-0.39, 0.29) is 13.2 Å². The van der Waals surface area contributed by atoms with Gasteiger partial charge in [0, 0.05) is 0 Å². The van der Waals surface area contributed by atoms with Crippen LogP contribution in [0.15, 0.2) is 0 Å². The summed E-state index contributed by atoms with van der Waals surface area (Å²) in [6.45, 7) is 0.335. The van der Waals surface area contributed by atoms with Gasteiger partial charge in [0.1, 0.15) is 6.61 Å². The molecule has 0 spiro atoms. The number of nitrogens with zero attached hydrogens (tertiary/aromatic N) is 4. The SMILES string of the molecule is O=C(O)C1Cn2nnnc2CO1. The van der Waals surface area contributed by atoms with Crippen LogP contribution in [0.3, 0.4) is 0 Å². The van der Waals surface area contributed by atoms with Crippen LogP contribution in [0, 0.1) is 0 Å². The van der Waals surface area contributed by atoms with Gasteiger partial charge in [-0.3, -0.25) is 0 Å². The molecule has 1 aliphatic rings. The molecule has 2 heterocycles. The molecular weight excluding hydrogens is 164 g/mol. The average Bonchev–Trinajstić information content (AvgIpc) is 2.49. The molecule has 1 unspecified atom stereocenters. The summed E-state index contributed by atoms with van der Waals surface area (Å²) in [5.41, 5.74) is 0. The summed E-state index contributed by atoms with van der Waals surface area (Å²) in [6.07, 6.45) is -0.832. The van der Waals surface area contributed by atoms with Crippen LogP contribution in [0.25, 0.3) is 0 Å². The Hall–Kier alpha value is -1.50. The smallest absolute Gasteiger partial charge is 0.334 e. The van der Waals surface area contributed by atoms with Crippen molar-refractivity contribution in [2.45, 2.75) is 19.3 Å². The van der Waals surface area contributed by atoms with Crippen molar-refractivity contribution < 1.29 is 14.6 Å². The van der Waals surface area contributed by atoms with Gasteiger partial charge >= 0.3 is 5.97 Å². The second-order valence-corrected chi connectivity index (χ2v) is 2.42. The van der Waals surface area contributed by atoms with Crippen molar-refractivity contribution in [3.05, 3.63) is 5.82 Å². The summed E-state index contributed by atoms with van der Waals surface area (Å²) in [7, 11) is 0. The lowest BCUT2D eigenvalue weighted by Gasteiger charge is -2.18. The summed E-state index contributed by atoms with van der Waals surface area (Å²) >= 11 is 0. The van der Waals surface area contributed by atoms with Gasteiger partial charge in [-0.25, -0.2) is 9.48 Å². The summed E-state index contributed by atoms with van der Waals surface area (Å²) < 4.78 is 6.39. The predicted molar refractivity (Wildman–Crippen MR) is 34.0 cm³/mol. The van der Waals surface area contributed by atoms with Gasteiger partial charge in [-0.2, -0.15) is 0 Å². The van der Waals surface area contributed by atoms with Crippen molar-refractivity contribution in [3.63, 3.8) is 0 Å². The van der Waals surface area contributed by atoms with Gasteiger partial charge in [0.15, 0.2) is 11.9 Å². The Morgan fingerprint density at radius 1 is 1.75 bits per heavy atom. The van der Waals surface area contributed by atoms with Crippen molar-refractivity contribution >= 4 is 5.97 Å². The highest BCUT2D eigenvalue weighted by Crippen LogP contribution is 2.08. The number of aromatic nitrogens is 4. The first kappa shape index (κ1) is 7.17. The Bertz CT molecular complexity index is 309. The monoisotopic (exact) mass is 170 g/mol. The minimum absolute atomic E-state index is 0.157. The highest BCUT2D eigenvalue weighted by Gasteiger charge is 2.26. The maximum Gasteiger partial charge on any atom is 0.334 e. The maximum absolute atomic E-state index is 10.5. The summed E-state index contributed by atoms with van der Waals surface area (Å²) in [6, 6.07) is 0. The molecule has 0 aliphatic carbocycles. The number of hydrogen-bond donors (Lipinski definition) is 1. The van der Waals surface area contributed by atoms with E-state index in [1.54, 1.807) is 0 Å². The van der Waals surface area contributed by atoms with Crippen LogP contribution in [0.5, 0.6) is 0 Å². The van der Waals surface area contributed by atoms with E-state index in [1.165, 1.54) is 4.68 Å². The Morgan fingerprint density at radius 2 is 2.58 bits per heavy atom. The number of hydrogen-bond acceptors (Lipinski definition) is 5. The summed E-state index contributed by atoms with van der Waals surface area (Å²) in [4.78, 5) is 10.5. The van der Waals surface area contributed by atoms with Crippen LogP contribution in [0.4, 0.5) is 0 Å². The van der Waals surface area contributed by atoms with Gasteiger partial charge < -0.3 is 9.84 Å². The molecule has 0 amide bonds. The topological polar surface area (TPSA) is 90.1 Å². The molecule has 0 radical (unpaired) electrons. The molecule has 0 saturated heterocycles. The van der Waals surface area contributed by atoms with Crippen molar-refractivity contribution in [3.8, 4) is 0 Å². The number of tetrazole rings is 1. The van der Waals surface area contributed by atoms with Gasteiger partial charge in [0.2, 0.25) is 0 Å². The van der Waals surface area contributed by atoms with Crippen LogP contribution in [-0.2, 0) is 22.7 Å². The molecule has 1 aromatic rings. The summed E-state index contributed by atoms with van der Waals surface area (Å²) in [5, 5.41) is 19.2. The lowest BCUT2D eigenvalue weighted by Crippen LogP contribution is -2.34. The van der Waals surface area contributed by atoms with Gasteiger partial charge in [0.25, 0.3) is 0 Å². The third-order valence-electron chi connectivity index (χ3n) is 1.63. The number of carboxylic acids is 1. The van der Waals surface area contributed by atoms with Crippen LogP contribution in [0.2, 0.25) is 0 Å². The number of ether oxygens (including phenoxy) is 1. The quantitative estimate of drug-likeness (QED) is 0.560. The largest absolute Gasteiger partial charge is 0.479 e. The van der Waals surface area contributed by atoms with E-state index < -0.39 is 12.1 Å². The van der Waals surface area contributed by atoms with Crippen molar-refractivity contribution in [1.82, 2.24) is 20.2 Å². The third kappa shape index (κ3) is 1.03. The number of aliphatic carboxylic acids is 1. The van der Waals surface area contributed by atoms with Crippen molar-refractivity contribution in [2.75, 3.05) is 0 Å². The zero-order valence-electron chi connectivity index (χ0n) is 6.04. The molecule has 12 heavy (non-hydrogen) atoms. The molecule has 0 bridgehead atoms. The first-order valence-corrected chi connectivity index (χ1v) is 3.37. The molecule has 1 atom stereocenters. The maximum atomic E-state index is 10.5. The Kier molecular flexibility index (Phi) is 1.51. The second kappa shape index (κ2) is 2.52. The van der Waals surface area contributed by atoms with E-state index in [2.05, 4.69) is 15.5 Å². The van der Waals surface area contributed by atoms with Crippen LogP contribution < -0.4 is 0 Å². The molecule has 0 aromatic carbocycles. The van der Waals surface area contributed by atoms with Crippen LogP contribution in [0.1, 0.15) is 5.82 Å². The standard InChI is InChI=1S/C5H6N4O3/c10-5(11)3-1-9-4(2-12-3)6-7-8-9/h3H,1-2H2,(H,10,11). The molecular formula is C5H6N4O3. The average molecular weight is 170 g/mol. The lowest BCUT2D eigenvalue weighted by atomic mass is 10.3.